The molecule has 0 saturated heterocycles. The Labute approximate surface area is 150 Å². The second-order valence-electron chi connectivity index (χ2n) is 7.90. The van der Waals surface area contributed by atoms with Crippen LogP contribution < -0.4 is 19.5 Å². The number of fused-ring (bicyclic) bond motifs is 1. The van der Waals surface area contributed by atoms with Crippen molar-refractivity contribution in [3.63, 3.8) is 0 Å². The van der Waals surface area contributed by atoms with Gasteiger partial charge in [0.15, 0.2) is 11.5 Å². The first kappa shape index (κ1) is 18.3. The molecule has 0 spiro atoms. The van der Waals surface area contributed by atoms with Crippen molar-refractivity contribution in [3.05, 3.63) is 18.2 Å². The van der Waals surface area contributed by atoms with Gasteiger partial charge in [0.1, 0.15) is 0 Å². The van der Waals surface area contributed by atoms with Gasteiger partial charge in [-0.3, -0.25) is 0 Å². The Morgan fingerprint density at radius 3 is 2.44 bits per heavy atom. The van der Waals surface area contributed by atoms with Crippen LogP contribution in [-0.2, 0) is 10.0 Å². The van der Waals surface area contributed by atoms with Crippen LogP contribution in [0.15, 0.2) is 18.2 Å². The highest BCUT2D eigenvalue weighted by molar-refractivity contribution is 7.90. The largest absolute Gasteiger partial charge is 0.454 e. The maximum Gasteiger partial charge on any atom is 0.231 e. The molecule has 0 unspecified atom stereocenters. The number of benzene rings is 1. The monoisotopic (exact) mass is 368 g/mol. The topological polar surface area (TPSA) is 76.7 Å². The van der Waals surface area contributed by atoms with E-state index in [2.05, 4.69) is 10.0 Å². The Morgan fingerprint density at radius 2 is 1.76 bits per heavy atom. The molecule has 1 fully saturated rings. The number of anilines is 1. The zero-order valence-electron chi connectivity index (χ0n) is 15.2. The molecule has 0 aromatic heterocycles. The van der Waals surface area contributed by atoms with Gasteiger partial charge in [0.2, 0.25) is 16.8 Å². The number of hydrogen-bond acceptors (Lipinski definition) is 5. The Balaban J connectivity index is 1.45. The quantitative estimate of drug-likeness (QED) is 0.835. The fourth-order valence-electron chi connectivity index (χ4n) is 3.15. The minimum atomic E-state index is -3.27. The Bertz CT molecular complexity index is 704. The van der Waals surface area contributed by atoms with Gasteiger partial charge in [-0.25, -0.2) is 13.1 Å². The molecule has 1 aromatic carbocycles. The summed E-state index contributed by atoms with van der Waals surface area (Å²) in [5, 5.41) is 3.46. The normalized spacial score (nSPS) is 23.5. The lowest BCUT2D eigenvalue weighted by molar-refractivity contribution is 0.174. The van der Waals surface area contributed by atoms with Crippen LogP contribution in [0.4, 0.5) is 5.69 Å². The lowest BCUT2D eigenvalue weighted by Crippen LogP contribution is -2.46. The number of hydrogen-bond donors (Lipinski definition) is 2. The summed E-state index contributed by atoms with van der Waals surface area (Å²) < 4.78 is 37.3. The number of rotatable bonds is 5. The Kier molecular flexibility index (Phi) is 5.16. The van der Waals surface area contributed by atoms with E-state index in [-0.39, 0.29) is 12.8 Å². The Morgan fingerprint density at radius 1 is 1.08 bits per heavy atom. The number of ether oxygens (including phenoxy) is 2. The fourth-order valence-corrected chi connectivity index (χ4v) is 4.18. The lowest BCUT2D eigenvalue weighted by Gasteiger charge is -2.31. The standard InChI is InChI=1S/C18H28N2O4S/c1-18(2,3)25(21,22)20-14-6-4-13(5-7-14)11-19-15-8-9-16-17(10-15)24-12-23-16/h8-10,13-14,19-20H,4-7,11-12H2,1-3H3/t13-,14-. The molecular formula is C18H28N2O4S. The molecule has 1 aromatic rings. The van der Waals surface area contributed by atoms with E-state index in [0.29, 0.717) is 5.92 Å². The summed E-state index contributed by atoms with van der Waals surface area (Å²) in [5.74, 6) is 2.13. The molecule has 2 aliphatic rings. The van der Waals surface area contributed by atoms with Crippen molar-refractivity contribution in [2.75, 3.05) is 18.7 Å². The highest BCUT2D eigenvalue weighted by Crippen LogP contribution is 2.34. The van der Waals surface area contributed by atoms with Gasteiger partial charge in [-0.2, -0.15) is 0 Å². The number of nitrogens with one attached hydrogen (secondary N) is 2. The summed E-state index contributed by atoms with van der Waals surface area (Å²) in [6.45, 7) is 6.37. The van der Waals surface area contributed by atoms with Crippen LogP contribution in [0.25, 0.3) is 0 Å². The molecular weight excluding hydrogens is 340 g/mol. The summed E-state index contributed by atoms with van der Waals surface area (Å²) in [4.78, 5) is 0. The summed E-state index contributed by atoms with van der Waals surface area (Å²) in [6.07, 6.45) is 3.83. The predicted molar refractivity (Wildman–Crippen MR) is 98.6 cm³/mol. The van der Waals surface area contributed by atoms with Gasteiger partial charge in [-0.1, -0.05) is 0 Å². The van der Waals surface area contributed by atoms with Crippen LogP contribution in [0, 0.1) is 5.92 Å². The average Bonchev–Trinajstić information content (AvgIpc) is 3.00. The van der Waals surface area contributed by atoms with Crippen molar-refractivity contribution in [1.82, 2.24) is 4.72 Å². The van der Waals surface area contributed by atoms with Crippen molar-refractivity contribution in [1.29, 1.82) is 0 Å². The molecule has 2 N–H and O–H groups in total. The molecule has 140 valence electrons. The van der Waals surface area contributed by atoms with Crippen molar-refractivity contribution in [2.24, 2.45) is 5.92 Å². The van der Waals surface area contributed by atoms with E-state index in [1.807, 2.05) is 18.2 Å². The minimum absolute atomic E-state index is 0.0611. The first-order valence-electron chi connectivity index (χ1n) is 8.90. The highest BCUT2D eigenvalue weighted by Gasteiger charge is 2.32. The van der Waals surface area contributed by atoms with Gasteiger partial charge in [-0.15, -0.1) is 0 Å². The van der Waals surface area contributed by atoms with Gasteiger partial charge in [0.05, 0.1) is 4.75 Å². The summed E-state index contributed by atoms with van der Waals surface area (Å²) in [6, 6.07) is 5.94. The van der Waals surface area contributed by atoms with E-state index in [1.165, 1.54) is 0 Å². The highest BCUT2D eigenvalue weighted by atomic mass is 32.2. The van der Waals surface area contributed by atoms with E-state index in [9.17, 15) is 8.42 Å². The molecule has 6 nitrogen and oxygen atoms in total. The molecule has 1 saturated carbocycles. The molecule has 7 heteroatoms. The first-order chi connectivity index (χ1) is 11.7. The smallest absolute Gasteiger partial charge is 0.231 e. The molecule has 1 aliphatic carbocycles. The summed E-state index contributed by atoms with van der Waals surface area (Å²) in [7, 11) is -3.27. The molecule has 0 amide bonds. The predicted octanol–water partition coefficient (Wildman–Crippen LogP) is 3.10. The summed E-state index contributed by atoms with van der Waals surface area (Å²) in [5.41, 5.74) is 1.03. The molecule has 3 rings (SSSR count). The van der Waals surface area contributed by atoms with Crippen molar-refractivity contribution < 1.29 is 17.9 Å². The third-order valence-electron chi connectivity index (χ3n) is 4.94. The maximum absolute atomic E-state index is 12.3. The second-order valence-corrected chi connectivity index (χ2v) is 10.4. The van der Waals surface area contributed by atoms with E-state index >= 15 is 0 Å². The van der Waals surface area contributed by atoms with Crippen LogP contribution >= 0.6 is 0 Å². The molecule has 0 atom stereocenters. The van der Waals surface area contributed by atoms with Crippen molar-refractivity contribution in [3.8, 4) is 11.5 Å². The van der Waals surface area contributed by atoms with Gasteiger partial charge in [-0.05, 0) is 64.5 Å². The van der Waals surface area contributed by atoms with Gasteiger partial charge < -0.3 is 14.8 Å². The fraction of sp³-hybridized carbons (Fsp3) is 0.667. The second kappa shape index (κ2) is 7.03. The lowest BCUT2D eigenvalue weighted by atomic mass is 9.86. The molecule has 0 bridgehead atoms. The summed E-state index contributed by atoms with van der Waals surface area (Å²) >= 11 is 0. The minimum Gasteiger partial charge on any atom is -0.454 e. The van der Waals surface area contributed by atoms with Crippen molar-refractivity contribution in [2.45, 2.75) is 57.2 Å². The van der Waals surface area contributed by atoms with E-state index < -0.39 is 14.8 Å². The average molecular weight is 368 g/mol. The van der Waals surface area contributed by atoms with E-state index in [4.69, 9.17) is 9.47 Å². The van der Waals surface area contributed by atoms with E-state index in [0.717, 1.165) is 49.4 Å². The van der Waals surface area contributed by atoms with Crippen LogP contribution in [0.1, 0.15) is 46.5 Å². The SMILES string of the molecule is CC(C)(C)S(=O)(=O)N[C@H]1CC[C@H](CNc2ccc3c(c2)OCO3)CC1. The molecule has 1 aliphatic heterocycles. The van der Waals surface area contributed by atoms with Crippen LogP contribution in [0.3, 0.4) is 0 Å². The van der Waals surface area contributed by atoms with Crippen LogP contribution in [0.2, 0.25) is 0 Å². The first-order valence-corrected chi connectivity index (χ1v) is 10.4. The van der Waals surface area contributed by atoms with Gasteiger partial charge in [0, 0.05) is 24.3 Å². The zero-order valence-corrected chi connectivity index (χ0v) is 16.0. The number of sulfonamides is 1. The third-order valence-corrected chi connectivity index (χ3v) is 7.20. The van der Waals surface area contributed by atoms with Crippen LogP contribution in [0.5, 0.6) is 11.5 Å². The third kappa shape index (κ3) is 4.39. The zero-order chi connectivity index (χ0) is 18.1. The van der Waals surface area contributed by atoms with E-state index in [1.54, 1.807) is 20.8 Å². The molecule has 1 heterocycles. The Hall–Kier alpha value is -1.47. The maximum atomic E-state index is 12.3. The molecule has 25 heavy (non-hydrogen) atoms. The van der Waals surface area contributed by atoms with Gasteiger partial charge in [0.25, 0.3) is 0 Å². The van der Waals surface area contributed by atoms with Gasteiger partial charge >= 0.3 is 0 Å². The van der Waals surface area contributed by atoms with Crippen molar-refractivity contribution >= 4 is 15.7 Å². The molecule has 0 radical (unpaired) electrons. The van der Waals surface area contributed by atoms with Crippen LogP contribution in [-0.4, -0.2) is 32.5 Å².